The van der Waals surface area contributed by atoms with E-state index in [4.69, 9.17) is 14.2 Å². The Kier molecular flexibility index (Phi) is 6.09. The monoisotopic (exact) mass is 557 g/mol. The summed E-state index contributed by atoms with van der Waals surface area (Å²) in [6, 6.07) is 0. The van der Waals surface area contributed by atoms with E-state index in [0.29, 0.717) is 54.2 Å². The van der Waals surface area contributed by atoms with Gasteiger partial charge in [-0.25, -0.2) is 0 Å². The Bertz CT molecular complexity index is 1080. The van der Waals surface area contributed by atoms with E-state index in [1.165, 1.54) is 25.7 Å². The highest BCUT2D eigenvalue weighted by Gasteiger charge is 2.84. The largest absolute Gasteiger partial charge is 0.390 e. The number of hydrogen-bond donors (Lipinski definition) is 1. The SMILES string of the molecule is CC(=O)N1CCOC(OC2CCC34CC35CCC3(C)C6C(C)CC(C=O)OC6C(O)C3(C)C5CCC4C2(C)C)C1. The first-order chi connectivity index (χ1) is 18.9. The number of carbonyl (C=O) groups excluding carboxylic acids is 2. The van der Waals surface area contributed by atoms with Crippen LogP contribution in [-0.2, 0) is 23.8 Å². The third kappa shape index (κ3) is 3.27. The van der Waals surface area contributed by atoms with Crippen LogP contribution in [0, 0.1) is 50.7 Å². The summed E-state index contributed by atoms with van der Waals surface area (Å²) in [6.07, 6.45) is 8.56. The van der Waals surface area contributed by atoms with Gasteiger partial charge in [0.05, 0.1) is 31.5 Å². The van der Waals surface area contributed by atoms with Gasteiger partial charge in [0.1, 0.15) is 12.4 Å². The Hall–Kier alpha value is -1.02. The van der Waals surface area contributed by atoms with Crippen molar-refractivity contribution in [3.8, 4) is 0 Å². The molecular weight excluding hydrogens is 506 g/mol. The lowest BCUT2D eigenvalue weighted by Crippen LogP contribution is -2.60. The van der Waals surface area contributed by atoms with E-state index in [1.807, 2.05) is 4.90 Å². The zero-order chi connectivity index (χ0) is 28.5. The van der Waals surface area contributed by atoms with Gasteiger partial charge in [-0.2, -0.15) is 0 Å². The van der Waals surface area contributed by atoms with Crippen molar-refractivity contribution in [1.29, 1.82) is 0 Å². The topological polar surface area (TPSA) is 85.3 Å². The van der Waals surface area contributed by atoms with E-state index in [9.17, 15) is 14.7 Å². The lowest BCUT2D eigenvalue weighted by atomic mass is 9.41. The second-order valence-electron chi connectivity index (χ2n) is 16.1. The van der Waals surface area contributed by atoms with Crippen molar-refractivity contribution in [2.75, 3.05) is 19.7 Å². The first-order valence-corrected chi connectivity index (χ1v) is 16.2. The van der Waals surface area contributed by atoms with Crippen molar-refractivity contribution in [2.24, 2.45) is 50.7 Å². The molecule has 7 aliphatic rings. The van der Waals surface area contributed by atoms with Crippen LogP contribution in [0.4, 0.5) is 0 Å². The molecule has 2 saturated heterocycles. The van der Waals surface area contributed by atoms with E-state index >= 15 is 0 Å². The first-order valence-electron chi connectivity index (χ1n) is 16.2. The van der Waals surface area contributed by atoms with Gasteiger partial charge in [0.15, 0.2) is 6.29 Å². The molecule has 2 spiro atoms. The highest BCUT2D eigenvalue weighted by molar-refractivity contribution is 5.73. The van der Waals surface area contributed by atoms with Crippen molar-refractivity contribution in [3.05, 3.63) is 0 Å². The molecule has 5 saturated carbocycles. The van der Waals surface area contributed by atoms with Crippen molar-refractivity contribution in [1.82, 2.24) is 4.90 Å². The summed E-state index contributed by atoms with van der Waals surface area (Å²) in [7, 11) is 0. The summed E-state index contributed by atoms with van der Waals surface area (Å²) in [5.74, 6) is 1.84. The summed E-state index contributed by atoms with van der Waals surface area (Å²) in [4.78, 5) is 25.6. The molecular formula is C33H51NO6. The van der Waals surface area contributed by atoms with Gasteiger partial charge >= 0.3 is 0 Å². The lowest BCUT2D eigenvalue weighted by molar-refractivity contribution is -0.247. The molecule has 1 amide bonds. The van der Waals surface area contributed by atoms with Gasteiger partial charge in [-0.1, -0.05) is 34.6 Å². The van der Waals surface area contributed by atoms with Gasteiger partial charge in [-0.15, -0.1) is 0 Å². The minimum atomic E-state index is -0.524. The number of aldehydes is 1. The molecule has 13 unspecified atom stereocenters. The minimum absolute atomic E-state index is 0.0212. The van der Waals surface area contributed by atoms with Crippen molar-refractivity contribution in [3.63, 3.8) is 0 Å². The molecule has 0 aromatic carbocycles. The first kappa shape index (κ1) is 27.8. The number of aliphatic hydroxyl groups excluding tert-OH is 1. The molecule has 2 heterocycles. The average Bonchev–Trinajstić information content (AvgIpc) is 3.55. The maximum atomic E-state index is 12.1. The van der Waals surface area contributed by atoms with Crippen LogP contribution in [0.1, 0.15) is 92.9 Å². The van der Waals surface area contributed by atoms with Crippen LogP contribution in [0.2, 0.25) is 0 Å². The Balaban J connectivity index is 1.15. The summed E-state index contributed by atoms with van der Waals surface area (Å²) in [6.45, 7) is 15.3. The second-order valence-corrected chi connectivity index (χ2v) is 16.1. The Labute approximate surface area is 240 Å². The van der Waals surface area contributed by atoms with Gasteiger partial charge in [0.2, 0.25) is 5.91 Å². The third-order valence-electron chi connectivity index (χ3n) is 14.7. The summed E-state index contributed by atoms with van der Waals surface area (Å²) in [5.41, 5.74) is 0.459. The standard InChI is InChI=1S/C33H51NO6/c1-19-15-21(17-35)39-27-26(19)30(5)11-12-33-18-32(33)10-9-24(40-25-16-34(20(2)36)13-14-38-25)29(3,4)22(32)7-8-23(33)31(30,6)28(27)37/h17,19,21-28,37H,7-16,18H2,1-6H3. The van der Waals surface area contributed by atoms with Crippen molar-refractivity contribution >= 4 is 12.2 Å². The highest BCUT2D eigenvalue weighted by Crippen LogP contribution is 2.89. The van der Waals surface area contributed by atoms with Crippen LogP contribution in [0.25, 0.3) is 0 Å². The zero-order valence-corrected chi connectivity index (χ0v) is 25.5. The van der Waals surface area contributed by atoms with Crippen LogP contribution in [0.5, 0.6) is 0 Å². The number of morpholine rings is 1. The highest BCUT2D eigenvalue weighted by atomic mass is 16.7. The summed E-state index contributed by atoms with van der Waals surface area (Å²) < 4.78 is 19.0. The fourth-order valence-corrected chi connectivity index (χ4v) is 12.8. The van der Waals surface area contributed by atoms with Crippen LogP contribution in [-0.4, -0.2) is 72.6 Å². The molecule has 0 bridgehead atoms. The molecule has 1 N–H and O–H groups in total. The normalized spacial score (nSPS) is 56.2. The molecule has 2 aliphatic heterocycles. The molecule has 0 radical (unpaired) electrons. The Morgan fingerprint density at radius 2 is 1.77 bits per heavy atom. The number of nitrogens with zero attached hydrogens (tertiary/aromatic N) is 1. The summed E-state index contributed by atoms with van der Waals surface area (Å²) in [5, 5.41) is 12.1. The maximum absolute atomic E-state index is 12.1. The molecule has 0 aromatic heterocycles. The van der Waals surface area contributed by atoms with E-state index < -0.39 is 6.10 Å². The van der Waals surface area contributed by atoms with Gasteiger partial charge in [0, 0.05) is 18.9 Å². The number of rotatable bonds is 3. The number of amides is 1. The Morgan fingerprint density at radius 3 is 2.50 bits per heavy atom. The van der Waals surface area contributed by atoms with Gasteiger partial charge in [0.25, 0.3) is 0 Å². The fourth-order valence-electron chi connectivity index (χ4n) is 12.8. The van der Waals surface area contributed by atoms with Crippen molar-refractivity contribution < 1.29 is 28.9 Å². The molecule has 0 aromatic rings. The van der Waals surface area contributed by atoms with Crippen molar-refractivity contribution in [2.45, 2.75) is 124 Å². The average molecular weight is 558 g/mol. The number of fused-ring (bicyclic) bond motifs is 4. The summed E-state index contributed by atoms with van der Waals surface area (Å²) >= 11 is 0. The predicted octanol–water partition coefficient (Wildman–Crippen LogP) is 4.59. The molecule has 40 heavy (non-hydrogen) atoms. The third-order valence-corrected chi connectivity index (χ3v) is 14.7. The fraction of sp³-hybridized carbons (Fsp3) is 0.939. The maximum Gasteiger partial charge on any atom is 0.219 e. The quantitative estimate of drug-likeness (QED) is 0.511. The van der Waals surface area contributed by atoms with Gasteiger partial charge in [-0.3, -0.25) is 4.79 Å². The van der Waals surface area contributed by atoms with Gasteiger partial charge < -0.3 is 29.0 Å². The van der Waals surface area contributed by atoms with E-state index in [0.717, 1.165) is 32.0 Å². The van der Waals surface area contributed by atoms with Crippen LogP contribution in [0.15, 0.2) is 0 Å². The van der Waals surface area contributed by atoms with E-state index in [1.54, 1.807) is 6.92 Å². The molecule has 5 aliphatic carbocycles. The minimum Gasteiger partial charge on any atom is -0.390 e. The second kappa shape index (κ2) is 8.76. The smallest absolute Gasteiger partial charge is 0.219 e. The van der Waals surface area contributed by atoms with Crippen LogP contribution < -0.4 is 0 Å². The number of carbonyl (C=O) groups is 2. The Morgan fingerprint density at radius 1 is 1.05 bits per heavy atom. The van der Waals surface area contributed by atoms with Crippen LogP contribution in [0.3, 0.4) is 0 Å². The van der Waals surface area contributed by atoms with E-state index in [-0.39, 0.29) is 46.8 Å². The predicted molar refractivity (Wildman–Crippen MR) is 149 cm³/mol. The molecule has 7 nitrogen and oxygen atoms in total. The molecule has 7 fully saturated rings. The molecule has 13 atom stereocenters. The number of aliphatic hydroxyl groups is 1. The van der Waals surface area contributed by atoms with E-state index in [2.05, 4.69) is 34.6 Å². The lowest BCUT2D eigenvalue weighted by Gasteiger charge is -2.63. The zero-order valence-electron chi connectivity index (χ0n) is 25.5. The number of hydrogen-bond acceptors (Lipinski definition) is 6. The molecule has 224 valence electrons. The van der Waals surface area contributed by atoms with Gasteiger partial charge in [-0.05, 0) is 96.7 Å². The number of ether oxygens (including phenoxy) is 3. The molecule has 7 heteroatoms. The molecule has 7 rings (SSSR count). The van der Waals surface area contributed by atoms with Crippen LogP contribution >= 0.6 is 0 Å².